The van der Waals surface area contributed by atoms with E-state index in [9.17, 15) is 0 Å². The topological polar surface area (TPSA) is 29.9 Å². The lowest BCUT2D eigenvalue weighted by Crippen LogP contribution is -2.20. The van der Waals surface area contributed by atoms with Gasteiger partial charge in [-0.2, -0.15) is 5.10 Å². The SMILES string of the molecule is C=C(CC)CC(NCC)c1cnn(C)c1. The van der Waals surface area contributed by atoms with Crippen molar-refractivity contribution < 1.29 is 0 Å². The predicted molar refractivity (Wildman–Crippen MR) is 63.7 cm³/mol. The molecule has 0 aliphatic heterocycles. The summed E-state index contributed by atoms with van der Waals surface area (Å²) in [4.78, 5) is 0. The summed E-state index contributed by atoms with van der Waals surface area (Å²) in [5, 5.41) is 7.66. The predicted octanol–water partition coefficient (Wildman–Crippen LogP) is 2.43. The Morgan fingerprint density at radius 2 is 2.33 bits per heavy atom. The van der Waals surface area contributed by atoms with Crippen LogP contribution in [-0.4, -0.2) is 16.3 Å². The first-order valence-corrected chi connectivity index (χ1v) is 5.55. The Balaban J connectivity index is 2.69. The van der Waals surface area contributed by atoms with Gasteiger partial charge in [0, 0.05) is 24.8 Å². The third-order valence-electron chi connectivity index (χ3n) is 2.57. The molecule has 1 N–H and O–H groups in total. The number of nitrogens with one attached hydrogen (secondary N) is 1. The lowest BCUT2D eigenvalue weighted by molar-refractivity contribution is 0.542. The molecule has 1 aromatic heterocycles. The van der Waals surface area contributed by atoms with Gasteiger partial charge in [0.15, 0.2) is 0 Å². The Hall–Kier alpha value is -1.09. The molecular formula is C12H21N3. The number of nitrogens with zero attached hydrogens (tertiary/aromatic N) is 2. The summed E-state index contributed by atoms with van der Waals surface area (Å²) in [6.45, 7) is 9.30. The molecule has 0 bridgehead atoms. The van der Waals surface area contributed by atoms with Crippen LogP contribution < -0.4 is 5.32 Å². The highest BCUT2D eigenvalue weighted by Gasteiger charge is 2.12. The zero-order chi connectivity index (χ0) is 11.3. The highest BCUT2D eigenvalue weighted by Crippen LogP contribution is 2.20. The van der Waals surface area contributed by atoms with Gasteiger partial charge in [-0.3, -0.25) is 4.68 Å². The second kappa shape index (κ2) is 5.71. The third-order valence-corrected chi connectivity index (χ3v) is 2.57. The van der Waals surface area contributed by atoms with E-state index in [0.29, 0.717) is 6.04 Å². The van der Waals surface area contributed by atoms with Gasteiger partial charge in [0.25, 0.3) is 0 Å². The van der Waals surface area contributed by atoms with Crippen molar-refractivity contribution in [3.63, 3.8) is 0 Å². The van der Waals surface area contributed by atoms with Crippen LogP contribution in [0.1, 0.15) is 38.3 Å². The van der Waals surface area contributed by atoms with E-state index in [0.717, 1.165) is 19.4 Å². The van der Waals surface area contributed by atoms with E-state index in [2.05, 4.69) is 37.0 Å². The molecule has 0 fully saturated rings. The zero-order valence-electron chi connectivity index (χ0n) is 9.95. The lowest BCUT2D eigenvalue weighted by atomic mass is 10.0. The number of rotatable bonds is 6. The standard InChI is InChI=1S/C12H21N3/c1-5-10(3)7-12(13-6-2)11-8-14-15(4)9-11/h8-9,12-13H,3,5-7H2,1-2,4H3. The minimum Gasteiger partial charge on any atom is -0.310 e. The van der Waals surface area contributed by atoms with Crippen LogP contribution in [0.2, 0.25) is 0 Å². The van der Waals surface area contributed by atoms with Crippen LogP contribution in [-0.2, 0) is 7.05 Å². The van der Waals surface area contributed by atoms with Gasteiger partial charge >= 0.3 is 0 Å². The molecule has 0 amide bonds. The Kier molecular flexibility index (Phi) is 4.56. The first-order valence-electron chi connectivity index (χ1n) is 5.55. The number of aromatic nitrogens is 2. The maximum absolute atomic E-state index is 4.20. The van der Waals surface area contributed by atoms with Gasteiger partial charge in [0.05, 0.1) is 6.20 Å². The first kappa shape index (κ1) is 12.0. The second-order valence-corrected chi connectivity index (χ2v) is 3.87. The zero-order valence-corrected chi connectivity index (χ0v) is 9.95. The minimum absolute atomic E-state index is 0.358. The van der Waals surface area contributed by atoms with Gasteiger partial charge in [-0.15, -0.1) is 0 Å². The molecule has 84 valence electrons. The van der Waals surface area contributed by atoms with Crippen LogP contribution in [0, 0.1) is 0 Å². The second-order valence-electron chi connectivity index (χ2n) is 3.87. The number of aryl methyl sites for hydroxylation is 1. The van der Waals surface area contributed by atoms with Crippen LogP contribution in [0.5, 0.6) is 0 Å². The monoisotopic (exact) mass is 207 g/mol. The molecule has 0 saturated carbocycles. The highest BCUT2D eigenvalue weighted by molar-refractivity contribution is 5.14. The summed E-state index contributed by atoms with van der Waals surface area (Å²) in [6.07, 6.45) is 6.03. The average Bonchev–Trinajstić information content (AvgIpc) is 2.64. The average molecular weight is 207 g/mol. The Morgan fingerprint density at radius 1 is 1.60 bits per heavy atom. The van der Waals surface area contributed by atoms with Crippen molar-refractivity contribution in [1.29, 1.82) is 0 Å². The summed E-state index contributed by atoms with van der Waals surface area (Å²) in [7, 11) is 1.95. The van der Waals surface area contributed by atoms with Crippen molar-refractivity contribution >= 4 is 0 Å². The van der Waals surface area contributed by atoms with Crippen molar-refractivity contribution in [3.05, 3.63) is 30.1 Å². The number of hydrogen-bond donors (Lipinski definition) is 1. The lowest BCUT2D eigenvalue weighted by Gasteiger charge is -2.17. The van der Waals surface area contributed by atoms with Gasteiger partial charge in [-0.25, -0.2) is 0 Å². The highest BCUT2D eigenvalue weighted by atomic mass is 15.2. The molecule has 1 heterocycles. The smallest absolute Gasteiger partial charge is 0.0537 e. The van der Waals surface area contributed by atoms with E-state index in [1.165, 1.54) is 11.1 Å². The molecule has 1 unspecified atom stereocenters. The van der Waals surface area contributed by atoms with Crippen molar-refractivity contribution in [2.24, 2.45) is 7.05 Å². The van der Waals surface area contributed by atoms with Crippen molar-refractivity contribution in [1.82, 2.24) is 15.1 Å². The molecule has 1 atom stereocenters. The van der Waals surface area contributed by atoms with E-state index in [-0.39, 0.29) is 0 Å². The maximum atomic E-state index is 4.20. The van der Waals surface area contributed by atoms with Crippen LogP contribution in [0.25, 0.3) is 0 Å². The molecule has 0 aromatic carbocycles. The van der Waals surface area contributed by atoms with Gasteiger partial charge in [0.2, 0.25) is 0 Å². The van der Waals surface area contributed by atoms with Gasteiger partial charge in [-0.05, 0) is 19.4 Å². The molecule has 0 saturated heterocycles. The third kappa shape index (κ3) is 3.51. The Bertz CT molecular complexity index is 314. The van der Waals surface area contributed by atoms with E-state index >= 15 is 0 Å². The fourth-order valence-electron chi connectivity index (χ4n) is 1.61. The largest absolute Gasteiger partial charge is 0.310 e. The molecule has 0 aliphatic carbocycles. The summed E-state index contributed by atoms with van der Waals surface area (Å²) in [5.41, 5.74) is 2.53. The van der Waals surface area contributed by atoms with Crippen LogP contribution in [0.4, 0.5) is 0 Å². The van der Waals surface area contributed by atoms with Crippen LogP contribution in [0.3, 0.4) is 0 Å². The summed E-state index contributed by atoms with van der Waals surface area (Å²) in [5.74, 6) is 0. The van der Waals surface area contributed by atoms with E-state index in [1.807, 2.05) is 17.9 Å². The van der Waals surface area contributed by atoms with Gasteiger partial charge < -0.3 is 5.32 Å². The first-order chi connectivity index (χ1) is 7.17. The van der Waals surface area contributed by atoms with Crippen molar-refractivity contribution in [3.8, 4) is 0 Å². The molecule has 0 radical (unpaired) electrons. The quantitative estimate of drug-likeness (QED) is 0.726. The molecule has 1 aromatic rings. The van der Waals surface area contributed by atoms with Gasteiger partial charge in [-0.1, -0.05) is 26.0 Å². The van der Waals surface area contributed by atoms with Crippen LogP contribution in [0.15, 0.2) is 24.5 Å². The normalized spacial score (nSPS) is 12.7. The molecule has 3 heteroatoms. The number of hydrogen-bond acceptors (Lipinski definition) is 2. The maximum Gasteiger partial charge on any atom is 0.0537 e. The summed E-state index contributed by atoms with van der Waals surface area (Å²) >= 11 is 0. The van der Waals surface area contributed by atoms with Gasteiger partial charge in [0.1, 0.15) is 0 Å². The van der Waals surface area contributed by atoms with Crippen LogP contribution >= 0.6 is 0 Å². The molecule has 3 nitrogen and oxygen atoms in total. The Morgan fingerprint density at radius 3 is 2.80 bits per heavy atom. The molecular weight excluding hydrogens is 186 g/mol. The molecule has 15 heavy (non-hydrogen) atoms. The molecule has 0 spiro atoms. The summed E-state index contributed by atoms with van der Waals surface area (Å²) in [6, 6.07) is 0.358. The molecule has 1 rings (SSSR count). The minimum atomic E-state index is 0.358. The molecule has 0 aliphatic rings. The fraction of sp³-hybridized carbons (Fsp3) is 0.583. The summed E-state index contributed by atoms with van der Waals surface area (Å²) < 4.78 is 1.84. The fourth-order valence-corrected chi connectivity index (χ4v) is 1.61. The van der Waals surface area contributed by atoms with E-state index in [1.54, 1.807) is 0 Å². The Labute approximate surface area is 92.2 Å². The van der Waals surface area contributed by atoms with E-state index < -0.39 is 0 Å². The van der Waals surface area contributed by atoms with E-state index in [4.69, 9.17) is 0 Å². The van der Waals surface area contributed by atoms with Crippen molar-refractivity contribution in [2.75, 3.05) is 6.54 Å². The van der Waals surface area contributed by atoms with Crippen molar-refractivity contribution in [2.45, 2.75) is 32.7 Å².